The van der Waals surface area contributed by atoms with Crippen molar-refractivity contribution in [1.29, 1.82) is 0 Å². The monoisotopic (exact) mass is 441 g/mol. The van der Waals surface area contributed by atoms with Gasteiger partial charge in [0.1, 0.15) is 5.82 Å². The van der Waals surface area contributed by atoms with Crippen LogP contribution in [0.3, 0.4) is 0 Å². The molecule has 6 nitrogen and oxygen atoms in total. The Morgan fingerprint density at radius 2 is 1.81 bits per heavy atom. The van der Waals surface area contributed by atoms with Crippen LogP contribution in [-0.4, -0.2) is 48.9 Å². The van der Waals surface area contributed by atoms with Crippen molar-refractivity contribution in [3.8, 4) is 5.69 Å². The molecule has 31 heavy (non-hydrogen) atoms. The van der Waals surface area contributed by atoms with E-state index in [-0.39, 0.29) is 17.4 Å². The maximum Gasteiger partial charge on any atom is 0.196 e. The van der Waals surface area contributed by atoms with Crippen LogP contribution in [0.2, 0.25) is 0 Å². The number of carbonyl (C=O) groups is 1. The molecular weight excluding hydrogens is 413 g/mol. The summed E-state index contributed by atoms with van der Waals surface area (Å²) in [4.78, 5) is 15.2. The van der Waals surface area contributed by atoms with Crippen LogP contribution in [-0.2, 0) is 13.6 Å². The summed E-state index contributed by atoms with van der Waals surface area (Å²) in [5, 5.41) is 9.48. The lowest BCUT2D eigenvalue weighted by molar-refractivity contribution is 0.102. The summed E-state index contributed by atoms with van der Waals surface area (Å²) in [6.07, 6.45) is 3.65. The summed E-state index contributed by atoms with van der Waals surface area (Å²) in [6, 6.07) is 8.28. The molecule has 0 radical (unpaired) electrons. The van der Waals surface area contributed by atoms with Gasteiger partial charge in [-0.1, -0.05) is 18.2 Å². The van der Waals surface area contributed by atoms with Gasteiger partial charge in [0.05, 0.1) is 12.3 Å². The number of carbonyl (C=O) groups excluding carboxylic acids is 1. The molecule has 1 aliphatic heterocycles. The van der Waals surface area contributed by atoms with E-state index < -0.39 is 0 Å². The van der Waals surface area contributed by atoms with E-state index >= 15 is 0 Å². The van der Waals surface area contributed by atoms with Crippen LogP contribution in [0.4, 0.5) is 4.39 Å². The minimum atomic E-state index is -0.284. The summed E-state index contributed by atoms with van der Waals surface area (Å²) < 4.78 is 17.5. The van der Waals surface area contributed by atoms with Crippen LogP contribution >= 0.6 is 11.8 Å². The van der Waals surface area contributed by atoms with E-state index in [1.54, 1.807) is 12.1 Å². The summed E-state index contributed by atoms with van der Waals surface area (Å²) >= 11 is 1.37. The van der Waals surface area contributed by atoms with Gasteiger partial charge in [-0.25, -0.2) is 4.39 Å². The summed E-state index contributed by atoms with van der Waals surface area (Å²) in [5.74, 6) is 0.870. The van der Waals surface area contributed by atoms with Crippen LogP contribution in [0.5, 0.6) is 0 Å². The minimum Gasteiger partial charge on any atom is -0.351 e. The van der Waals surface area contributed by atoms with Gasteiger partial charge >= 0.3 is 0 Å². The lowest BCUT2D eigenvalue weighted by Crippen LogP contribution is -2.30. The predicted octanol–water partition coefficient (Wildman–Crippen LogP) is 4.32. The fourth-order valence-electron chi connectivity index (χ4n) is 4.01. The Hall–Kier alpha value is -2.45. The molecule has 0 atom stereocenters. The number of halogens is 1. The van der Waals surface area contributed by atoms with Gasteiger partial charge in [-0.05, 0) is 70.1 Å². The number of likely N-dealkylation sites (tertiary alicyclic amines) is 1. The van der Waals surface area contributed by atoms with Gasteiger partial charge in [0, 0.05) is 29.7 Å². The molecule has 3 heterocycles. The molecule has 4 rings (SSSR count). The van der Waals surface area contributed by atoms with Gasteiger partial charge in [-0.2, -0.15) is 0 Å². The van der Waals surface area contributed by atoms with E-state index in [2.05, 4.69) is 15.1 Å². The Bertz CT molecular complexity index is 1070. The molecule has 0 spiro atoms. The van der Waals surface area contributed by atoms with Crippen LogP contribution in [0.15, 0.2) is 35.5 Å². The number of hydrogen-bond acceptors (Lipinski definition) is 5. The number of ketones is 1. The van der Waals surface area contributed by atoms with Crippen molar-refractivity contribution in [2.75, 3.05) is 18.8 Å². The van der Waals surface area contributed by atoms with Crippen LogP contribution in [0.25, 0.3) is 5.69 Å². The van der Waals surface area contributed by atoms with Crippen molar-refractivity contribution >= 4 is 17.5 Å². The molecule has 1 aromatic carbocycles. The Kier molecular flexibility index (Phi) is 6.57. The zero-order valence-electron chi connectivity index (χ0n) is 18.3. The standard InChI is InChI=1S/C23H28FN5OS/c1-16-13-20(17(2)27(16)3)21(30)15-31-23-26-25-22(14-28-11-5-4-6-12-28)29(23)19-9-7-18(24)8-10-19/h7-10,13H,4-6,11-12,14-15H2,1-3H3. The summed E-state index contributed by atoms with van der Waals surface area (Å²) in [7, 11) is 1.96. The zero-order valence-corrected chi connectivity index (χ0v) is 19.1. The second-order valence-corrected chi connectivity index (χ2v) is 9.05. The Labute approximate surface area is 186 Å². The number of Topliss-reactive ketones (excluding diaryl/α,β-unsaturated/α-hetero) is 1. The van der Waals surface area contributed by atoms with Crippen LogP contribution in [0, 0.1) is 19.7 Å². The molecule has 2 aromatic heterocycles. The minimum absolute atomic E-state index is 0.0671. The van der Waals surface area contributed by atoms with E-state index in [0.29, 0.717) is 11.7 Å². The highest BCUT2D eigenvalue weighted by Crippen LogP contribution is 2.25. The second-order valence-electron chi connectivity index (χ2n) is 8.10. The fourth-order valence-corrected chi connectivity index (χ4v) is 4.86. The topological polar surface area (TPSA) is 56.0 Å². The SMILES string of the molecule is Cc1cc(C(=O)CSc2nnc(CN3CCCCC3)n2-c2ccc(F)cc2)c(C)n1C. The quantitative estimate of drug-likeness (QED) is 0.404. The number of thioether (sulfide) groups is 1. The number of aryl methyl sites for hydroxylation is 1. The molecule has 0 saturated carbocycles. The van der Waals surface area contributed by atoms with E-state index in [9.17, 15) is 9.18 Å². The van der Waals surface area contributed by atoms with Crippen molar-refractivity contribution in [1.82, 2.24) is 24.2 Å². The largest absolute Gasteiger partial charge is 0.351 e. The highest BCUT2D eigenvalue weighted by Gasteiger charge is 2.21. The van der Waals surface area contributed by atoms with E-state index in [4.69, 9.17) is 0 Å². The van der Waals surface area contributed by atoms with Gasteiger partial charge in [-0.3, -0.25) is 14.3 Å². The number of hydrogen-bond donors (Lipinski definition) is 0. The van der Waals surface area contributed by atoms with E-state index in [1.165, 1.54) is 43.2 Å². The third kappa shape index (κ3) is 4.75. The molecule has 0 N–H and O–H groups in total. The molecule has 1 aliphatic rings. The molecule has 164 valence electrons. The number of piperidine rings is 1. The lowest BCUT2D eigenvalue weighted by atomic mass is 10.1. The Balaban J connectivity index is 1.58. The second kappa shape index (κ2) is 9.36. The highest BCUT2D eigenvalue weighted by atomic mass is 32.2. The molecule has 1 fully saturated rings. The van der Waals surface area contributed by atoms with Gasteiger partial charge in [-0.15, -0.1) is 10.2 Å². The number of nitrogens with zero attached hydrogens (tertiary/aromatic N) is 5. The van der Waals surface area contributed by atoms with Crippen molar-refractivity contribution in [3.63, 3.8) is 0 Å². The fraction of sp³-hybridized carbons (Fsp3) is 0.435. The molecule has 0 unspecified atom stereocenters. The van der Waals surface area contributed by atoms with Crippen LogP contribution in [0.1, 0.15) is 46.8 Å². The van der Waals surface area contributed by atoms with Gasteiger partial charge in [0.15, 0.2) is 16.8 Å². The average molecular weight is 442 g/mol. The summed E-state index contributed by atoms with van der Waals surface area (Å²) in [6.45, 7) is 6.74. The highest BCUT2D eigenvalue weighted by molar-refractivity contribution is 7.99. The predicted molar refractivity (Wildman–Crippen MR) is 120 cm³/mol. The van der Waals surface area contributed by atoms with E-state index in [1.807, 2.05) is 36.1 Å². The molecule has 1 saturated heterocycles. The summed E-state index contributed by atoms with van der Waals surface area (Å²) in [5.41, 5.74) is 3.58. The maximum absolute atomic E-state index is 13.5. The first-order valence-corrected chi connectivity index (χ1v) is 11.6. The Morgan fingerprint density at radius 3 is 2.45 bits per heavy atom. The van der Waals surface area contributed by atoms with Gasteiger partial charge < -0.3 is 4.57 Å². The smallest absolute Gasteiger partial charge is 0.196 e. The van der Waals surface area contributed by atoms with Gasteiger partial charge in [0.25, 0.3) is 0 Å². The molecule has 0 bridgehead atoms. The average Bonchev–Trinajstić information content (AvgIpc) is 3.29. The molecule has 3 aromatic rings. The van der Waals surface area contributed by atoms with Crippen molar-refractivity contribution in [2.24, 2.45) is 7.05 Å². The zero-order chi connectivity index (χ0) is 22.0. The van der Waals surface area contributed by atoms with Gasteiger partial charge in [0.2, 0.25) is 0 Å². The van der Waals surface area contributed by atoms with Crippen molar-refractivity contribution in [3.05, 3.63) is 58.9 Å². The first-order valence-electron chi connectivity index (χ1n) is 10.7. The normalized spacial score (nSPS) is 14.8. The molecular formula is C23H28FN5OS. The Morgan fingerprint density at radius 1 is 1.10 bits per heavy atom. The molecule has 0 aliphatic carbocycles. The lowest BCUT2D eigenvalue weighted by Gasteiger charge is -2.26. The van der Waals surface area contributed by atoms with Crippen molar-refractivity contribution in [2.45, 2.75) is 44.8 Å². The first-order chi connectivity index (χ1) is 14.9. The van der Waals surface area contributed by atoms with Crippen molar-refractivity contribution < 1.29 is 9.18 Å². The molecule has 8 heteroatoms. The third-order valence-electron chi connectivity index (χ3n) is 6.01. The van der Waals surface area contributed by atoms with Crippen LogP contribution < -0.4 is 0 Å². The number of benzene rings is 1. The number of rotatable bonds is 7. The first kappa shape index (κ1) is 21.8. The van der Waals surface area contributed by atoms with E-state index in [0.717, 1.165) is 41.6 Å². The number of aromatic nitrogens is 4. The maximum atomic E-state index is 13.5. The molecule has 0 amide bonds. The third-order valence-corrected chi connectivity index (χ3v) is 6.94.